The van der Waals surface area contributed by atoms with Crippen molar-refractivity contribution in [2.24, 2.45) is 0 Å². The molecule has 0 spiro atoms. The maximum atomic E-state index is 12.7. The number of carbonyl (C=O) groups excluding carboxylic acids is 3. The Morgan fingerprint density at radius 2 is 1.57 bits per heavy atom. The van der Waals surface area contributed by atoms with E-state index in [1.54, 1.807) is 36.1 Å². The third-order valence-corrected chi connectivity index (χ3v) is 6.17. The molecule has 0 aliphatic carbocycles. The minimum absolute atomic E-state index is 0.117. The Morgan fingerprint density at radius 3 is 2.20 bits per heavy atom. The summed E-state index contributed by atoms with van der Waals surface area (Å²) < 4.78 is 0. The van der Waals surface area contributed by atoms with Crippen LogP contribution in [0.15, 0.2) is 24.3 Å². The number of hydrogen-bond acceptors (Lipinski definition) is 4. The Morgan fingerprint density at radius 1 is 0.933 bits per heavy atom. The average Bonchev–Trinajstić information content (AvgIpc) is 3.03. The van der Waals surface area contributed by atoms with E-state index in [2.05, 4.69) is 10.2 Å². The van der Waals surface area contributed by atoms with E-state index < -0.39 is 6.04 Å². The number of nitrogens with one attached hydrogen (secondary N) is 1. The molecule has 3 rings (SSSR count). The van der Waals surface area contributed by atoms with Crippen molar-refractivity contribution in [2.75, 3.05) is 45.8 Å². The van der Waals surface area contributed by atoms with E-state index >= 15 is 0 Å². The van der Waals surface area contributed by atoms with Crippen molar-refractivity contribution in [3.8, 4) is 0 Å². The van der Waals surface area contributed by atoms with Gasteiger partial charge in [-0.15, -0.1) is 0 Å². The van der Waals surface area contributed by atoms with Gasteiger partial charge in [-0.05, 0) is 31.9 Å². The lowest BCUT2D eigenvalue weighted by atomic mass is 10.2. The van der Waals surface area contributed by atoms with Crippen molar-refractivity contribution in [3.63, 3.8) is 0 Å². The van der Waals surface area contributed by atoms with Crippen LogP contribution in [0.2, 0.25) is 5.02 Å². The van der Waals surface area contributed by atoms with Crippen molar-refractivity contribution >= 4 is 29.3 Å². The van der Waals surface area contributed by atoms with Gasteiger partial charge in [-0.3, -0.25) is 19.3 Å². The molecule has 30 heavy (non-hydrogen) atoms. The maximum Gasteiger partial charge on any atom is 0.253 e. The van der Waals surface area contributed by atoms with Crippen molar-refractivity contribution in [1.29, 1.82) is 0 Å². The molecule has 2 aliphatic heterocycles. The second kappa shape index (κ2) is 10.8. The van der Waals surface area contributed by atoms with Crippen molar-refractivity contribution in [1.82, 2.24) is 20.0 Å². The van der Waals surface area contributed by atoms with Gasteiger partial charge in [0.2, 0.25) is 11.8 Å². The third kappa shape index (κ3) is 5.95. The zero-order chi connectivity index (χ0) is 21.5. The number of likely N-dealkylation sites (tertiary alicyclic amines) is 1. The summed E-state index contributed by atoms with van der Waals surface area (Å²) in [5.41, 5.74) is 0.357. The lowest BCUT2D eigenvalue weighted by Crippen LogP contribution is -2.55. The van der Waals surface area contributed by atoms with Crippen LogP contribution in [0.5, 0.6) is 0 Å². The van der Waals surface area contributed by atoms with Gasteiger partial charge >= 0.3 is 0 Å². The molecule has 3 amide bonds. The van der Waals surface area contributed by atoms with E-state index in [1.165, 1.54) is 12.8 Å². The Labute approximate surface area is 183 Å². The summed E-state index contributed by atoms with van der Waals surface area (Å²) in [5.74, 6) is -0.283. The number of amides is 3. The summed E-state index contributed by atoms with van der Waals surface area (Å²) in [5, 5.41) is 3.10. The molecule has 1 aromatic carbocycles. The number of piperazine rings is 1. The topological polar surface area (TPSA) is 73.0 Å². The van der Waals surface area contributed by atoms with E-state index in [-0.39, 0.29) is 17.7 Å². The van der Waals surface area contributed by atoms with Crippen molar-refractivity contribution in [3.05, 3.63) is 34.9 Å². The molecule has 7 nitrogen and oxygen atoms in total. The summed E-state index contributed by atoms with van der Waals surface area (Å²) in [7, 11) is 0. The first kappa shape index (κ1) is 22.6. The van der Waals surface area contributed by atoms with Crippen molar-refractivity contribution < 1.29 is 14.4 Å². The van der Waals surface area contributed by atoms with Gasteiger partial charge in [0.1, 0.15) is 6.04 Å². The molecule has 1 unspecified atom stereocenters. The Hall–Kier alpha value is -2.12. The molecular weight excluding hydrogens is 404 g/mol. The quantitative estimate of drug-likeness (QED) is 0.769. The second-order valence-electron chi connectivity index (χ2n) is 8.07. The number of nitrogens with zero attached hydrogens (tertiary/aromatic N) is 3. The molecule has 1 atom stereocenters. The second-order valence-corrected chi connectivity index (χ2v) is 8.48. The first-order valence-electron chi connectivity index (χ1n) is 10.8. The van der Waals surface area contributed by atoms with E-state index in [1.807, 2.05) is 4.90 Å². The minimum atomic E-state index is -0.640. The van der Waals surface area contributed by atoms with E-state index in [0.717, 1.165) is 25.9 Å². The summed E-state index contributed by atoms with van der Waals surface area (Å²) in [4.78, 5) is 43.6. The van der Waals surface area contributed by atoms with Crippen molar-refractivity contribution in [2.45, 2.75) is 38.6 Å². The summed E-state index contributed by atoms with van der Waals surface area (Å²) >= 11 is 6.06. The molecule has 8 heteroatoms. The maximum absolute atomic E-state index is 12.7. The molecule has 1 aromatic rings. The highest BCUT2D eigenvalue weighted by Crippen LogP contribution is 2.15. The van der Waals surface area contributed by atoms with Crippen LogP contribution in [0.1, 0.15) is 43.0 Å². The fourth-order valence-corrected chi connectivity index (χ4v) is 4.21. The Kier molecular flexibility index (Phi) is 8.10. The summed E-state index contributed by atoms with van der Waals surface area (Å²) in [6, 6.07) is 6.13. The molecule has 2 heterocycles. The first-order chi connectivity index (χ1) is 14.5. The van der Waals surface area contributed by atoms with Crippen LogP contribution >= 0.6 is 11.6 Å². The normalized spacial score (nSPS) is 19.1. The zero-order valence-corrected chi connectivity index (χ0v) is 18.4. The number of halogens is 1. The number of hydrogen-bond donors (Lipinski definition) is 1. The van der Waals surface area contributed by atoms with Gasteiger partial charge in [0.25, 0.3) is 5.91 Å². The Bertz CT molecular complexity index is 757. The number of benzene rings is 1. The van der Waals surface area contributed by atoms with Gasteiger partial charge in [-0.2, -0.15) is 0 Å². The smallest absolute Gasteiger partial charge is 0.253 e. The van der Waals surface area contributed by atoms with Gasteiger partial charge in [0.15, 0.2) is 0 Å². The molecule has 2 fully saturated rings. The minimum Gasteiger partial charge on any atom is -0.342 e. The first-order valence-corrected chi connectivity index (χ1v) is 11.2. The van der Waals surface area contributed by atoms with Gasteiger partial charge < -0.3 is 15.1 Å². The van der Waals surface area contributed by atoms with Crippen LogP contribution < -0.4 is 5.32 Å². The molecule has 164 valence electrons. The highest BCUT2D eigenvalue weighted by atomic mass is 35.5. The summed E-state index contributed by atoms with van der Waals surface area (Å²) in [6.45, 7) is 6.26. The third-order valence-electron chi connectivity index (χ3n) is 5.84. The van der Waals surface area contributed by atoms with Crippen LogP contribution in [-0.2, 0) is 9.59 Å². The monoisotopic (exact) mass is 434 g/mol. The summed E-state index contributed by atoms with van der Waals surface area (Å²) in [6.07, 6.45) is 4.59. The van der Waals surface area contributed by atoms with E-state index in [4.69, 9.17) is 11.6 Å². The highest BCUT2D eigenvalue weighted by molar-refractivity contribution is 6.33. The van der Waals surface area contributed by atoms with E-state index in [9.17, 15) is 14.4 Å². The van der Waals surface area contributed by atoms with Gasteiger partial charge in [-0.1, -0.05) is 36.6 Å². The highest BCUT2D eigenvalue weighted by Gasteiger charge is 2.28. The van der Waals surface area contributed by atoms with Crippen LogP contribution in [-0.4, -0.2) is 84.3 Å². The molecule has 2 saturated heterocycles. The molecule has 2 aliphatic rings. The molecular formula is C22H31ClN4O3. The predicted molar refractivity (Wildman–Crippen MR) is 116 cm³/mol. The van der Waals surface area contributed by atoms with Gasteiger partial charge in [-0.25, -0.2) is 0 Å². The fourth-order valence-electron chi connectivity index (χ4n) is 3.99. The largest absolute Gasteiger partial charge is 0.342 e. The lowest BCUT2D eigenvalue weighted by Gasteiger charge is -2.36. The molecule has 0 aromatic heterocycles. The SMILES string of the molecule is CC(NC(=O)c1ccccc1Cl)C(=O)N1CCN(CC(=O)N2CCCCCC2)CC1. The number of rotatable bonds is 5. The Balaban J connectivity index is 1.44. The lowest BCUT2D eigenvalue weighted by molar-refractivity contribution is -0.136. The molecule has 0 bridgehead atoms. The van der Waals surface area contributed by atoms with Crippen LogP contribution in [0.25, 0.3) is 0 Å². The van der Waals surface area contributed by atoms with Crippen LogP contribution in [0, 0.1) is 0 Å². The molecule has 0 radical (unpaired) electrons. The molecule has 0 saturated carbocycles. The van der Waals surface area contributed by atoms with E-state index in [0.29, 0.717) is 43.3 Å². The predicted octanol–water partition coefficient (Wildman–Crippen LogP) is 2.01. The molecule has 1 N–H and O–H groups in total. The van der Waals surface area contributed by atoms with Gasteiger partial charge in [0, 0.05) is 39.3 Å². The van der Waals surface area contributed by atoms with Crippen LogP contribution in [0.3, 0.4) is 0 Å². The van der Waals surface area contributed by atoms with Gasteiger partial charge in [0.05, 0.1) is 17.1 Å². The average molecular weight is 435 g/mol. The van der Waals surface area contributed by atoms with Crippen LogP contribution in [0.4, 0.5) is 0 Å². The standard InChI is InChI=1S/C22H31ClN4O3/c1-17(24-21(29)18-8-4-5-9-19(18)23)22(30)27-14-12-25(13-15-27)16-20(28)26-10-6-2-3-7-11-26/h4-5,8-9,17H,2-3,6-7,10-16H2,1H3,(H,24,29). The fraction of sp³-hybridized carbons (Fsp3) is 0.591. The zero-order valence-electron chi connectivity index (χ0n) is 17.6. The number of carbonyl (C=O) groups is 3.